The highest BCUT2D eigenvalue weighted by Gasteiger charge is 2.01. The van der Waals surface area contributed by atoms with Crippen LogP contribution in [0.5, 0.6) is 0 Å². The molecule has 1 rings (SSSR count). The van der Waals surface area contributed by atoms with Crippen molar-refractivity contribution in [3.63, 3.8) is 0 Å². The normalized spacial score (nSPS) is 10.1. The van der Waals surface area contributed by atoms with Gasteiger partial charge in [-0.3, -0.25) is 4.84 Å². The van der Waals surface area contributed by atoms with Crippen LogP contribution < -0.4 is 5.90 Å². The summed E-state index contributed by atoms with van der Waals surface area (Å²) in [6.45, 7) is 2.34. The van der Waals surface area contributed by atoms with E-state index in [1.165, 1.54) is 0 Å². The first-order valence-electron chi connectivity index (χ1n) is 3.31. The molecule has 0 fully saturated rings. The largest absolute Gasteiger partial charge is 0.300 e. The van der Waals surface area contributed by atoms with Crippen molar-refractivity contribution in [3.8, 4) is 0 Å². The smallest absolute Gasteiger partial charge is 0.0946 e. The number of hydrogen-bond acceptors (Lipinski definition) is 2. The summed E-state index contributed by atoms with van der Waals surface area (Å²) in [5.74, 6) is 4.94. The van der Waals surface area contributed by atoms with Crippen LogP contribution in [0.3, 0.4) is 0 Å². The minimum atomic E-state index is 0.367. The van der Waals surface area contributed by atoms with E-state index in [9.17, 15) is 0 Å². The van der Waals surface area contributed by atoms with Crippen molar-refractivity contribution >= 4 is 11.6 Å². The van der Waals surface area contributed by atoms with Gasteiger partial charge in [-0.25, -0.2) is 5.90 Å². The molecule has 3 heteroatoms. The van der Waals surface area contributed by atoms with Crippen LogP contribution in [0.4, 0.5) is 0 Å². The van der Waals surface area contributed by atoms with E-state index in [0.717, 1.165) is 11.1 Å². The molecule has 0 aliphatic rings. The zero-order valence-electron chi connectivity index (χ0n) is 6.30. The summed E-state index contributed by atoms with van der Waals surface area (Å²) in [5.41, 5.74) is 2.06. The molecule has 2 nitrogen and oxygen atoms in total. The van der Waals surface area contributed by atoms with Crippen LogP contribution in [0.1, 0.15) is 11.1 Å². The summed E-state index contributed by atoms with van der Waals surface area (Å²) >= 11 is 5.87. The molecular weight excluding hydrogens is 162 g/mol. The second-order valence-electron chi connectivity index (χ2n) is 2.35. The molecular formula is C8H10ClNO. The van der Waals surface area contributed by atoms with Crippen LogP contribution in [0.2, 0.25) is 5.02 Å². The number of benzene rings is 1. The molecule has 0 heterocycles. The van der Waals surface area contributed by atoms with E-state index in [-0.39, 0.29) is 0 Å². The van der Waals surface area contributed by atoms with Crippen LogP contribution in [0, 0.1) is 6.92 Å². The van der Waals surface area contributed by atoms with E-state index in [4.69, 9.17) is 17.5 Å². The van der Waals surface area contributed by atoms with Gasteiger partial charge in [0.15, 0.2) is 0 Å². The average molecular weight is 172 g/mol. The van der Waals surface area contributed by atoms with E-state index in [0.29, 0.717) is 11.6 Å². The Kier molecular flexibility index (Phi) is 2.88. The van der Waals surface area contributed by atoms with E-state index in [2.05, 4.69) is 4.84 Å². The minimum absolute atomic E-state index is 0.367. The summed E-state index contributed by atoms with van der Waals surface area (Å²) in [7, 11) is 0. The van der Waals surface area contributed by atoms with Gasteiger partial charge in [0.25, 0.3) is 0 Å². The Balaban J connectivity index is 3.00. The number of hydrogen-bond donors (Lipinski definition) is 1. The lowest BCUT2D eigenvalue weighted by atomic mass is 10.1. The highest BCUT2D eigenvalue weighted by atomic mass is 35.5. The Labute approximate surface area is 70.9 Å². The predicted molar refractivity (Wildman–Crippen MR) is 45.2 cm³/mol. The highest BCUT2D eigenvalue weighted by molar-refractivity contribution is 6.31. The molecule has 0 aliphatic heterocycles. The van der Waals surface area contributed by atoms with Crippen molar-refractivity contribution in [2.75, 3.05) is 0 Å². The van der Waals surface area contributed by atoms with Crippen LogP contribution in [-0.4, -0.2) is 0 Å². The third-order valence-corrected chi connectivity index (χ3v) is 1.93. The maximum absolute atomic E-state index is 5.87. The monoisotopic (exact) mass is 171 g/mol. The Morgan fingerprint density at radius 3 is 2.82 bits per heavy atom. The molecule has 0 aliphatic carbocycles. The zero-order chi connectivity index (χ0) is 8.27. The number of aryl methyl sites for hydroxylation is 1. The molecule has 0 radical (unpaired) electrons. The molecule has 2 N–H and O–H groups in total. The summed E-state index contributed by atoms with van der Waals surface area (Å²) < 4.78 is 0. The first kappa shape index (κ1) is 8.53. The van der Waals surface area contributed by atoms with Gasteiger partial charge in [-0.2, -0.15) is 0 Å². The van der Waals surface area contributed by atoms with Crippen molar-refractivity contribution in [1.29, 1.82) is 0 Å². The summed E-state index contributed by atoms with van der Waals surface area (Å²) in [6.07, 6.45) is 0. The summed E-state index contributed by atoms with van der Waals surface area (Å²) in [4.78, 5) is 4.51. The standard InChI is InChI=1S/C8H10ClNO/c1-6-3-2-4-8(9)7(6)5-11-10/h2-4H,5,10H2,1H3. The first-order chi connectivity index (χ1) is 5.25. The van der Waals surface area contributed by atoms with Crippen molar-refractivity contribution in [2.24, 2.45) is 5.90 Å². The molecule has 0 spiro atoms. The molecule has 0 saturated carbocycles. The van der Waals surface area contributed by atoms with Gasteiger partial charge < -0.3 is 0 Å². The predicted octanol–water partition coefficient (Wildman–Crippen LogP) is 2.04. The van der Waals surface area contributed by atoms with Crippen LogP contribution in [0.25, 0.3) is 0 Å². The molecule has 11 heavy (non-hydrogen) atoms. The summed E-state index contributed by atoms with van der Waals surface area (Å²) in [6, 6.07) is 5.70. The number of rotatable bonds is 2. The van der Waals surface area contributed by atoms with Gasteiger partial charge in [0.1, 0.15) is 0 Å². The fraction of sp³-hybridized carbons (Fsp3) is 0.250. The zero-order valence-corrected chi connectivity index (χ0v) is 7.06. The van der Waals surface area contributed by atoms with Crippen molar-refractivity contribution < 1.29 is 4.84 Å². The lowest BCUT2D eigenvalue weighted by Crippen LogP contribution is -2.01. The molecule has 60 valence electrons. The number of halogens is 1. The van der Waals surface area contributed by atoms with E-state index in [1.807, 2.05) is 25.1 Å². The van der Waals surface area contributed by atoms with E-state index in [1.54, 1.807) is 0 Å². The lowest BCUT2D eigenvalue weighted by molar-refractivity contribution is 0.124. The van der Waals surface area contributed by atoms with Gasteiger partial charge in [-0.05, 0) is 18.6 Å². The highest BCUT2D eigenvalue weighted by Crippen LogP contribution is 2.19. The van der Waals surface area contributed by atoms with Crippen molar-refractivity contribution in [3.05, 3.63) is 34.3 Å². The minimum Gasteiger partial charge on any atom is -0.300 e. The van der Waals surface area contributed by atoms with Gasteiger partial charge in [-0.1, -0.05) is 23.7 Å². The third kappa shape index (κ3) is 1.93. The van der Waals surface area contributed by atoms with Gasteiger partial charge in [0.05, 0.1) is 6.61 Å². The van der Waals surface area contributed by atoms with Crippen molar-refractivity contribution in [1.82, 2.24) is 0 Å². The molecule has 1 aromatic rings. The molecule has 1 aromatic carbocycles. The topological polar surface area (TPSA) is 35.2 Å². The maximum Gasteiger partial charge on any atom is 0.0946 e. The fourth-order valence-corrected chi connectivity index (χ4v) is 1.21. The molecule has 0 amide bonds. The van der Waals surface area contributed by atoms with Crippen LogP contribution >= 0.6 is 11.6 Å². The molecule has 0 bridgehead atoms. The lowest BCUT2D eigenvalue weighted by Gasteiger charge is -2.05. The van der Waals surface area contributed by atoms with Gasteiger partial charge in [0.2, 0.25) is 0 Å². The second kappa shape index (κ2) is 3.72. The second-order valence-corrected chi connectivity index (χ2v) is 2.75. The Bertz CT molecular complexity index is 230. The Morgan fingerprint density at radius 1 is 1.55 bits per heavy atom. The first-order valence-corrected chi connectivity index (χ1v) is 3.69. The van der Waals surface area contributed by atoms with Gasteiger partial charge in [0, 0.05) is 10.6 Å². The maximum atomic E-state index is 5.87. The average Bonchev–Trinajstić information content (AvgIpc) is 1.97. The van der Waals surface area contributed by atoms with Crippen molar-refractivity contribution in [2.45, 2.75) is 13.5 Å². The van der Waals surface area contributed by atoms with Crippen LogP contribution in [-0.2, 0) is 11.4 Å². The third-order valence-electron chi connectivity index (χ3n) is 1.58. The molecule has 0 unspecified atom stereocenters. The summed E-state index contributed by atoms with van der Waals surface area (Å²) in [5, 5.41) is 0.704. The van der Waals surface area contributed by atoms with Gasteiger partial charge >= 0.3 is 0 Å². The number of nitrogens with two attached hydrogens (primary N) is 1. The van der Waals surface area contributed by atoms with E-state index < -0.39 is 0 Å². The Morgan fingerprint density at radius 2 is 2.27 bits per heavy atom. The molecule has 0 atom stereocenters. The fourth-order valence-electron chi connectivity index (χ4n) is 0.933. The quantitative estimate of drug-likeness (QED) is 0.692. The Hall–Kier alpha value is -0.570. The van der Waals surface area contributed by atoms with E-state index >= 15 is 0 Å². The van der Waals surface area contributed by atoms with Gasteiger partial charge in [-0.15, -0.1) is 0 Å². The molecule has 0 aromatic heterocycles. The molecule has 0 saturated heterocycles. The van der Waals surface area contributed by atoms with Crippen LogP contribution in [0.15, 0.2) is 18.2 Å². The SMILES string of the molecule is Cc1cccc(Cl)c1CON.